The summed E-state index contributed by atoms with van der Waals surface area (Å²) >= 11 is 0. The quantitative estimate of drug-likeness (QED) is 0.396. The van der Waals surface area contributed by atoms with E-state index >= 15 is 0 Å². The first-order valence-corrected chi connectivity index (χ1v) is 2.06. The summed E-state index contributed by atoms with van der Waals surface area (Å²) in [4.78, 5) is 0. The van der Waals surface area contributed by atoms with Crippen molar-refractivity contribution in [3.8, 4) is 0 Å². The summed E-state index contributed by atoms with van der Waals surface area (Å²) in [6.45, 7) is 0. The molecule has 3 aliphatic rings. The maximum atomic E-state index is 3.22. The van der Waals surface area contributed by atoms with Crippen molar-refractivity contribution in [3.63, 3.8) is 0 Å². The minimum Gasteiger partial charge on any atom is -0.0430 e. The van der Waals surface area contributed by atoms with Crippen LogP contribution in [0.5, 0.6) is 0 Å². The van der Waals surface area contributed by atoms with Gasteiger partial charge in [-0.25, -0.2) is 0 Å². The maximum Gasteiger partial charge on any atom is -0.00656 e. The molecule has 2 bridgehead atoms. The van der Waals surface area contributed by atoms with E-state index in [2.05, 4.69) is 6.42 Å². The van der Waals surface area contributed by atoms with Gasteiger partial charge in [-0.3, -0.25) is 0 Å². The Kier molecular flexibility index (Phi) is 0.198. The van der Waals surface area contributed by atoms with E-state index in [1.54, 1.807) is 5.92 Å². The van der Waals surface area contributed by atoms with E-state index in [1.165, 1.54) is 12.8 Å². The molecule has 0 spiro atoms. The van der Waals surface area contributed by atoms with Crippen LogP contribution in [0.15, 0.2) is 0 Å². The smallest absolute Gasteiger partial charge is 0.00656 e. The molecule has 3 rings (SSSR count). The van der Waals surface area contributed by atoms with Gasteiger partial charge in [0.15, 0.2) is 0 Å². The highest BCUT2D eigenvalue weighted by Gasteiger charge is 2.42. The lowest BCUT2D eigenvalue weighted by Gasteiger charge is -2.48. The summed E-state index contributed by atoms with van der Waals surface area (Å²) < 4.78 is 0. The Morgan fingerprint density at radius 1 is 1.60 bits per heavy atom. The molecule has 0 aromatic heterocycles. The van der Waals surface area contributed by atoms with Gasteiger partial charge in [0, 0.05) is 0 Å². The van der Waals surface area contributed by atoms with Gasteiger partial charge in [0.1, 0.15) is 0 Å². The van der Waals surface area contributed by atoms with Gasteiger partial charge < -0.3 is 0 Å². The zero-order valence-electron chi connectivity index (χ0n) is 2.99. The van der Waals surface area contributed by atoms with E-state index in [-0.39, 0.29) is 0 Å². The minimum absolute atomic E-state index is 0.921. The Balaban J connectivity index is 2.19. The SMILES string of the molecule is [C]1[C]2CC1C2. The average Bonchev–Trinajstić information content (AvgIpc) is 0.592. The first-order chi connectivity index (χ1) is 2.45. The molecule has 0 N–H and O–H groups in total. The van der Waals surface area contributed by atoms with Gasteiger partial charge in [-0.05, 0) is 31.1 Å². The number of rotatable bonds is 0. The van der Waals surface area contributed by atoms with Crippen molar-refractivity contribution in [1.82, 2.24) is 0 Å². The van der Waals surface area contributed by atoms with Crippen LogP contribution in [0, 0.1) is 18.3 Å². The van der Waals surface area contributed by atoms with Crippen LogP contribution in [-0.4, -0.2) is 0 Å². The van der Waals surface area contributed by atoms with Gasteiger partial charge in [-0.2, -0.15) is 0 Å². The molecule has 3 aliphatic carbocycles. The van der Waals surface area contributed by atoms with Crippen LogP contribution in [0.3, 0.4) is 0 Å². The molecule has 25 valence electrons. The number of hydrogen-bond acceptors (Lipinski definition) is 0. The molecule has 0 aromatic rings. The third-order valence-corrected chi connectivity index (χ3v) is 1.39. The third kappa shape index (κ3) is 0.111. The van der Waals surface area contributed by atoms with Gasteiger partial charge in [0.2, 0.25) is 0 Å². The van der Waals surface area contributed by atoms with Crippen LogP contribution in [0.25, 0.3) is 0 Å². The first-order valence-electron chi connectivity index (χ1n) is 2.06. The molecule has 0 atom stereocenters. The van der Waals surface area contributed by atoms with Gasteiger partial charge in [-0.15, -0.1) is 0 Å². The lowest BCUT2D eigenvalue weighted by Crippen LogP contribution is -2.37. The van der Waals surface area contributed by atoms with Crippen molar-refractivity contribution in [2.45, 2.75) is 12.8 Å². The van der Waals surface area contributed by atoms with Gasteiger partial charge in [0.25, 0.3) is 0 Å². The van der Waals surface area contributed by atoms with E-state index in [9.17, 15) is 0 Å². The summed E-state index contributed by atoms with van der Waals surface area (Å²) in [5.41, 5.74) is 0. The topological polar surface area (TPSA) is 0 Å². The Morgan fingerprint density at radius 3 is 1.80 bits per heavy atom. The van der Waals surface area contributed by atoms with E-state index < -0.39 is 0 Å². The molecular weight excluding hydrogens is 60.1 g/mol. The molecule has 0 nitrogen and oxygen atoms in total. The molecule has 0 amide bonds. The Morgan fingerprint density at radius 2 is 1.80 bits per heavy atom. The van der Waals surface area contributed by atoms with Crippen molar-refractivity contribution in [2.24, 2.45) is 5.92 Å². The van der Waals surface area contributed by atoms with Gasteiger partial charge >= 0.3 is 0 Å². The van der Waals surface area contributed by atoms with Crippen LogP contribution in [0.2, 0.25) is 0 Å². The molecule has 3 radical (unpaired) electrons. The van der Waals surface area contributed by atoms with Gasteiger partial charge in [-0.1, -0.05) is 0 Å². The second kappa shape index (κ2) is 0.444. The fraction of sp³-hybridized carbons (Fsp3) is 0.600. The average molecular weight is 65.1 g/mol. The van der Waals surface area contributed by atoms with Crippen LogP contribution < -0.4 is 0 Å². The molecule has 0 unspecified atom stereocenters. The van der Waals surface area contributed by atoms with Crippen molar-refractivity contribution < 1.29 is 0 Å². The minimum atomic E-state index is 0.921. The highest BCUT2D eigenvalue weighted by atomic mass is 14.5. The molecule has 0 heterocycles. The highest BCUT2D eigenvalue weighted by Crippen LogP contribution is 2.53. The molecule has 3 saturated carbocycles. The first kappa shape index (κ1) is 2.22. The molecule has 0 saturated heterocycles. The van der Waals surface area contributed by atoms with Crippen molar-refractivity contribution in [3.05, 3.63) is 12.3 Å². The summed E-state index contributed by atoms with van der Waals surface area (Å²) in [5.74, 6) is 2.50. The summed E-state index contributed by atoms with van der Waals surface area (Å²) in [6.07, 6.45) is 6.00. The maximum absolute atomic E-state index is 3.22. The Labute approximate surface area is 32.2 Å². The Bertz CT molecular complexity index is 36.8. The fourth-order valence-corrected chi connectivity index (χ4v) is 0.781. The van der Waals surface area contributed by atoms with E-state index in [1.807, 2.05) is 0 Å². The summed E-state index contributed by atoms with van der Waals surface area (Å²) in [6, 6.07) is 0. The molecule has 3 fully saturated rings. The van der Waals surface area contributed by atoms with E-state index in [0.717, 1.165) is 5.92 Å². The standard InChI is InChI=1S/C5H5/c1-4-2-5(1)3-4/h4H,1-2H2. The second-order valence-electron chi connectivity index (χ2n) is 1.85. The predicted octanol–water partition coefficient (Wildman–Crippen LogP) is 1.07. The molecule has 0 heteroatoms. The van der Waals surface area contributed by atoms with Crippen molar-refractivity contribution in [2.75, 3.05) is 0 Å². The normalized spacial score (nSPS) is 36.0. The predicted molar refractivity (Wildman–Crippen MR) is 19.2 cm³/mol. The number of hydrogen-bond donors (Lipinski definition) is 0. The molecule has 5 heavy (non-hydrogen) atoms. The van der Waals surface area contributed by atoms with Crippen LogP contribution >= 0.6 is 0 Å². The zero-order chi connectivity index (χ0) is 3.28. The van der Waals surface area contributed by atoms with Crippen LogP contribution in [0.4, 0.5) is 0 Å². The lowest BCUT2D eigenvalue weighted by atomic mass is 9.56. The summed E-state index contributed by atoms with van der Waals surface area (Å²) in [5, 5.41) is 0. The van der Waals surface area contributed by atoms with Gasteiger partial charge in [0.05, 0.1) is 0 Å². The third-order valence-electron chi connectivity index (χ3n) is 1.39. The van der Waals surface area contributed by atoms with Crippen molar-refractivity contribution >= 4 is 0 Å². The van der Waals surface area contributed by atoms with Crippen LogP contribution in [-0.2, 0) is 0 Å². The zero-order valence-corrected chi connectivity index (χ0v) is 2.99. The largest absolute Gasteiger partial charge is 0.0430 e. The Hall–Kier alpha value is 0. The molecule has 0 aliphatic heterocycles. The lowest BCUT2D eigenvalue weighted by molar-refractivity contribution is 0.291. The fourth-order valence-electron chi connectivity index (χ4n) is 0.781. The molecule has 0 aromatic carbocycles. The van der Waals surface area contributed by atoms with Crippen molar-refractivity contribution in [1.29, 1.82) is 0 Å². The monoisotopic (exact) mass is 65.0 g/mol. The van der Waals surface area contributed by atoms with E-state index in [4.69, 9.17) is 0 Å². The summed E-state index contributed by atoms with van der Waals surface area (Å²) in [7, 11) is 0. The highest BCUT2D eigenvalue weighted by molar-refractivity contribution is 5.30. The van der Waals surface area contributed by atoms with E-state index in [0.29, 0.717) is 0 Å². The molecular formula is C5H5. The second-order valence-corrected chi connectivity index (χ2v) is 1.85. The van der Waals surface area contributed by atoms with Crippen LogP contribution in [0.1, 0.15) is 12.8 Å².